The summed E-state index contributed by atoms with van der Waals surface area (Å²) >= 11 is 1.85. The zero-order valence-electron chi connectivity index (χ0n) is 21.9. The monoisotopic (exact) mass is 539 g/mol. The smallest absolute Gasteiger partial charge is 0.144 e. The molecule has 41 heavy (non-hydrogen) atoms. The zero-order valence-corrected chi connectivity index (χ0v) is 22.7. The molecule has 0 amide bonds. The van der Waals surface area contributed by atoms with Crippen LogP contribution in [0.1, 0.15) is 0 Å². The first kappa shape index (κ1) is 21.7. The van der Waals surface area contributed by atoms with Crippen molar-refractivity contribution < 1.29 is 4.42 Å². The summed E-state index contributed by atoms with van der Waals surface area (Å²) < 4.78 is 11.6. The van der Waals surface area contributed by atoms with E-state index in [2.05, 4.69) is 132 Å². The lowest BCUT2D eigenvalue weighted by Gasteiger charge is -2.11. The molecular formula is C38H21NOS. The topological polar surface area (TPSA) is 18.1 Å². The van der Waals surface area contributed by atoms with E-state index in [0.29, 0.717) is 0 Å². The van der Waals surface area contributed by atoms with Crippen molar-refractivity contribution in [3.05, 3.63) is 127 Å². The van der Waals surface area contributed by atoms with Gasteiger partial charge in [-0.15, -0.1) is 11.3 Å². The van der Waals surface area contributed by atoms with Crippen molar-refractivity contribution in [1.82, 2.24) is 4.57 Å². The summed E-state index contributed by atoms with van der Waals surface area (Å²) in [4.78, 5) is 0. The Balaban J connectivity index is 1.50. The minimum absolute atomic E-state index is 0.926. The maximum atomic E-state index is 6.59. The molecule has 0 bridgehead atoms. The lowest BCUT2D eigenvalue weighted by Crippen LogP contribution is -1.94. The fraction of sp³-hybridized carbons (Fsp3) is 0. The molecule has 0 aliphatic heterocycles. The van der Waals surface area contributed by atoms with Crippen LogP contribution in [0.2, 0.25) is 0 Å². The molecule has 10 rings (SSSR count). The van der Waals surface area contributed by atoms with Crippen molar-refractivity contribution in [3.63, 3.8) is 0 Å². The number of furan rings is 1. The first-order chi connectivity index (χ1) is 20.3. The lowest BCUT2D eigenvalue weighted by molar-refractivity contribution is 0.673. The maximum Gasteiger partial charge on any atom is 0.144 e. The Bertz CT molecular complexity index is 2610. The molecule has 0 saturated carbocycles. The molecule has 3 aromatic heterocycles. The molecule has 0 spiro atoms. The van der Waals surface area contributed by atoms with Gasteiger partial charge in [0.15, 0.2) is 0 Å². The van der Waals surface area contributed by atoms with Crippen LogP contribution in [0.5, 0.6) is 0 Å². The summed E-state index contributed by atoms with van der Waals surface area (Å²) in [5, 5.41) is 12.5. The Labute approximate surface area is 238 Å². The number of aromatic nitrogens is 1. The Morgan fingerprint density at radius 2 is 1.07 bits per heavy atom. The van der Waals surface area contributed by atoms with E-state index in [9.17, 15) is 0 Å². The van der Waals surface area contributed by atoms with Crippen molar-refractivity contribution in [1.29, 1.82) is 0 Å². The van der Waals surface area contributed by atoms with Gasteiger partial charge in [-0.2, -0.15) is 0 Å². The van der Waals surface area contributed by atoms with Crippen LogP contribution in [0.25, 0.3) is 91.1 Å². The maximum absolute atomic E-state index is 6.59. The van der Waals surface area contributed by atoms with Crippen LogP contribution in [0.3, 0.4) is 0 Å². The molecule has 3 heteroatoms. The molecule has 0 unspecified atom stereocenters. The summed E-state index contributed by atoms with van der Waals surface area (Å²) in [6.07, 6.45) is 0. The van der Waals surface area contributed by atoms with Gasteiger partial charge < -0.3 is 8.98 Å². The van der Waals surface area contributed by atoms with Gasteiger partial charge in [-0.1, -0.05) is 97.1 Å². The summed E-state index contributed by atoms with van der Waals surface area (Å²) in [6.45, 7) is 0. The highest BCUT2D eigenvalue weighted by atomic mass is 32.1. The predicted molar refractivity (Wildman–Crippen MR) is 176 cm³/mol. The average molecular weight is 540 g/mol. The number of para-hydroxylation sites is 1. The van der Waals surface area contributed by atoms with Crippen molar-refractivity contribution in [3.8, 4) is 5.69 Å². The van der Waals surface area contributed by atoms with E-state index in [1.165, 1.54) is 69.2 Å². The normalized spacial score (nSPS) is 12.4. The molecular weight excluding hydrogens is 518 g/mol. The summed E-state index contributed by atoms with van der Waals surface area (Å²) in [5.74, 6) is 0. The number of nitrogens with zero attached hydrogens (tertiary/aromatic N) is 1. The van der Waals surface area contributed by atoms with Gasteiger partial charge in [0.25, 0.3) is 0 Å². The molecule has 0 radical (unpaired) electrons. The van der Waals surface area contributed by atoms with Gasteiger partial charge >= 0.3 is 0 Å². The minimum atomic E-state index is 0.926. The molecule has 0 aliphatic carbocycles. The van der Waals surface area contributed by atoms with E-state index in [-0.39, 0.29) is 0 Å². The van der Waals surface area contributed by atoms with E-state index in [1.807, 2.05) is 11.3 Å². The number of hydrogen-bond acceptors (Lipinski definition) is 2. The van der Waals surface area contributed by atoms with Gasteiger partial charge in [0.1, 0.15) is 11.2 Å². The predicted octanol–water partition coefficient (Wildman–Crippen LogP) is 11.4. The lowest BCUT2D eigenvalue weighted by atomic mass is 10.00. The molecule has 0 aliphatic rings. The first-order valence-corrected chi connectivity index (χ1v) is 14.8. The second-order valence-electron chi connectivity index (χ2n) is 10.9. The van der Waals surface area contributed by atoms with E-state index in [1.54, 1.807) is 0 Å². The van der Waals surface area contributed by atoms with Gasteiger partial charge in [-0.05, 0) is 51.9 Å². The summed E-state index contributed by atoms with van der Waals surface area (Å²) in [7, 11) is 0. The van der Waals surface area contributed by atoms with E-state index >= 15 is 0 Å². The fourth-order valence-electron chi connectivity index (χ4n) is 7.02. The zero-order chi connectivity index (χ0) is 26.7. The number of benzene rings is 7. The Morgan fingerprint density at radius 1 is 0.488 bits per heavy atom. The molecule has 3 heterocycles. The minimum Gasteiger partial charge on any atom is -0.455 e. The van der Waals surface area contributed by atoms with Crippen molar-refractivity contribution in [2.45, 2.75) is 0 Å². The third-order valence-electron chi connectivity index (χ3n) is 8.76. The SMILES string of the molecule is c1ccc2c(c1)ccc1c2c2c3ccccc3ccc2n1-c1cc2c3ccccc3oc2c2c1sc1ccccc12. The number of thiophene rings is 1. The molecule has 190 valence electrons. The van der Waals surface area contributed by atoms with E-state index in [4.69, 9.17) is 4.42 Å². The molecule has 2 nitrogen and oxygen atoms in total. The second-order valence-corrected chi connectivity index (χ2v) is 11.9. The molecule has 0 fully saturated rings. The average Bonchev–Trinajstić information content (AvgIpc) is 3.70. The van der Waals surface area contributed by atoms with Gasteiger partial charge in [0.05, 0.1) is 21.4 Å². The molecule has 0 saturated heterocycles. The summed E-state index contributed by atoms with van der Waals surface area (Å²) in [6, 6.07) is 46.2. The van der Waals surface area contributed by atoms with Gasteiger partial charge in [-0.3, -0.25) is 0 Å². The molecule has 10 aromatic rings. The Kier molecular flexibility index (Phi) is 4.10. The second kappa shape index (κ2) is 7.75. The first-order valence-electron chi connectivity index (χ1n) is 13.9. The van der Waals surface area contributed by atoms with Gasteiger partial charge in [0, 0.05) is 37.0 Å². The fourth-order valence-corrected chi connectivity index (χ4v) is 8.23. The number of hydrogen-bond donors (Lipinski definition) is 0. The Morgan fingerprint density at radius 3 is 1.78 bits per heavy atom. The van der Waals surface area contributed by atoms with E-state index in [0.717, 1.165) is 21.9 Å². The quantitative estimate of drug-likeness (QED) is 0.203. The molecule has 0 atom stereocenters. The van der Waals surface area contributed by atoms with Crippen LogP contribution in [0.4, 0.5) is 0 Å². The van der Waals surface area contributed by atoms with Gasteiger partial charge in [-0.25, -0.2) is 0 Å². The third kappa shape index (κ3) is 2.76. The van der Waals surface area contributed by atoms with Crippen LogP contribution in [-0.2, 0) is 0 Å². The van der Waals surface area contributed by atoms with Crippen molar-refractivity contribution >= 4 is 96.8 Å². The highest BCUT2D eigenvalue weighted by molar-refractivity contribution is 7.26. The third-order valence-corrected chi connectivity index (χ3v) is 9.95. The van der Waals surface area contributed by atoms with Crippen molar-refractivity contribution in [2.24, 2.45) is 0 Å². The van der Waals surface area contributed by atoms with Crippen LogP contribution < -0.4 is 0 Å². The van der Waals surface area contributed by atoms with Crippen LogP contribution in [0, 0.1) is 0 Å². The largest absolute Gasteiger partial charge is 0.455 e. The molecule has 7 aromatic carbocycles. The number of fused-ring (bicyclic) bond motifs is 14. The van der Waals surface area contributed by atoms with Crippen molar-refractivity contribution in [2.75, 3.05) is 0 Å². The van der Waals surface area contributed by atoms with Crippen LogP contribution >= 0.6 is 11.3 Å². The van der Waals surface area contributed by atoms with Crippen LogP contribution in [0.15, 0.2) is 132 Å². The van der Waals surface area contributed by atoms with Gasteiger partial charge in [0.2, 0.25) is 0 Å². The summed E-state index contributed by atoms with van der Waals surface area (Å²) in [5.41, 5.74) is 5.54. The molecule has 0 N–H and O–H groups in total. The van der Waals surface area contributed by atoms with E-state index < -0.39 is 0 Å². The highest BCUT2D eigenvalue weighted by Crippen LogP contribution is 2.48. The van der Waals surface area contributed by atoms with Crippen LogP contribution in [-0.4, -0.2) is 4.57 Å². The standard InChI is InChI=1S/C38H21NOS/c1-3-11-24-22(9-1)17-19-29-34(24)35-25-12-4-2-10-23(25)18-20-30(35)39(29)31-21-28-26-13-5-7-15-32(26)40-37(28)36-27-14-6-8-16-33(27)41-38(31)36/h1-21H. The Hall–Kier alpha value is -5.12. The number of rotatable bonds is 1. The highest BCUT2D eigenvalue weighted by Gasteiger charge is 2.23.